The van der Waals surface area contributed by atoms with Gasteiger partial charge in [0.15, 0.2) is 0 Å². The maximum absolute atomic E-state index is 12.6. The highest BCUT2D eigenvalue weighted by atomic mass is 35.5. The van der Waals surface area contributed by atoms with Crippen LogP contribution in [-0.2, 0) is 28.0 Å². The lowest BCUT2D eigenvalue weighted by atomic mass is 10.0. The number of sulfonamides is 1. The normalized spacial score (nSPS) is 11.3. The van der Waals surface area contributed by atoms with E-state index >= 15 is 0 Å². The van der Waals surface area contributed by atoms with Crippen molar-refractivity contribution in [1.82, 2.24) is 4.72 Å². The predicted molar refractivity (Wildman–Crippen MR) is 138 cm³/mol. The summed E-state index contributed by atoms with van der Waals surface area (Å²) in [5, 5.41) is -0.139. The van der Waals surface area contributed by atoms with E-state index in [1.807, 2.05) is 35.1 Å². The van der Waals surface area contributed by atoms with Crippen LogP contribution in [0.3, 0.4) is 0 Å². The van der Waals surface area contributed by atoms with Crippen molar-refractivity contribution >= 4 is 39.1 Å². The van der Waals surface area contributed by atoms with E-state index in [-0.39, 0.29) is 20.5 Å². The molecule has 0 aliphatic heterocycles. The van der Waals surface area contributed by atoms with Crippen LogP contribution in [0, 0.1) is 0 Å². The molecule has 0 spiro atoms. The minimum absolute atomic E-state index is 0.0694. The number of rotatable bonds is 8. The Labute approximate surface area is 214 Å². The largest absolute Gasteiger partial charge is 0.372 e. The van der Waals surface area contributed by atoms with Crippen LogP contribution in [0.25, 0.3) is 11.1 Å². The third-order valence-electron chi connectivity index (χ3n) is 5.23. The summed E-state index contributed by atoms with van der Waals surface area (Å²) in [5.74, 6) is -0.785. The molecule has 4 aromatic rings. The lowest BCUT2D eigenvalue weighted by molar-refractivity contribution is 0.0980. The Kier molecular flexibility index (Phi) is 7.88. The van der Waals surface area contributed by atoms with Gasteiger partial charge in [-0.3, -0.25) is 4.79 Å². The maximum atomic E-state index is 12.6. The van der Waals surface area contributed by atoms with Crippen LogP contribution in [0.15, 0.2) is 102 Å². The summed E-state index contributed by atoms with van der Waals surface area (Å²) in [6.07, 6.45) is 0. The molecule has 0 aliphatic rings. The van der Waals surface area contributed by atoms with Crippen molar-refractivity contribution in [1.29, 1.82) is 0 Å². The number of carbonyl (C=O) groups is 1. The summed E-state index contributed by atoms with van der Waals surface area (Å²) >= 11 is 11.9. The first kappa shape index (κ1) is 24.9. The zero-order valence-electron chi connectivity index (χ0n) is 18.4. The Bertz CT molecular complexity index is 1400. The number of halogens is 2. The zero-order valence-corrected chi connectivity index (χ0v) is 20.8. The molecule has 35 heavy (non-hydrogen) atoms. The fourth-order valence-electron chi connectivity index (χ4n) is 3.43. The van der Waals surface area contributed by atoms with E-state index in [9.17, 15) is 13.2 Å². The van der Waals surface area contributed by atoms with Crippen LogP contribution < -0.4 is 4.72 Å². The molecular formula is C27H21Cl2NO4S. The van der Waals surface area contributed by atoms with Crippen molar-refractivity contribution < 1.29 is 17.9 Å². The summed E-state index contributed by atoms with van der Waals surface area (Å²) < 4.78 is 33.0. The van der Waals surface area contributed by atoms with Crippen molar-refractivity contribution in [2.45, 2.75) is 18.1 Å². The highest BCUT2D eigenvalue weighted by Crippen LogP contribution is 2.29. The first-order valence-corrected chi connectivity index (χ1v) is 12.9. The summed E-state index contributed by atoms with van der Waals surface area (Å²) in [4.78, 5) is 12.2. The quantitative estimate of drug-likeness (QED) is 0.285. The van der Waals surface area contributed by atoms with Crippen LogP contribution >= 0.6 is 23.2 Å². The van der Waals surface area contributed by atoms with Gasteiger partial charge in [-0.1, -0.05) is 96.0 Å². The van der Waals surface area contributed by atoms with E-state index in [4.69, 9.17) is 27.9 Å². The van der Waals surface area contributed by atoms with Gasteiger partial charge in [0, 0.05) is 5.56 Å². The minimum Gasteiger partial charge on any atom is -0.372 e. The molecule has 0 unspecified atom stereocenters. The lowest BCUT2D eigenvalue weighted by Crippen LogP contribution is -2.31. The SMILES string of the molecule is O=C(NS(=O)(=O)c1c(Cl)cccc1Cl)c1ccc(COCc2ccc(-c3ccccc3)cc2)cc1. The predicted octanol–water partition coefficient (Wildman–Crippen LogP) is 6.50. The van der Waals surface area contributed by atoms with E-state index in [1.165, 1.54) is 30.3 Å². The average molecular weight is 526 g/mol. The van der Waals surface area contributed by atoms with E-state index in [0.29, 0.717) is 13.2 Å². The second kappa shape index (κ2) is 11.1. The van der Waals surface area contributed by atoms with E-state index in [1.54, 1.807) is 12.1 Å². The molecule has 0 saturated heterocycles. The molecule has 178 valence electrons. The van der Waals surface area contributed by atoms with E-state index in [2.05, 4.69) is 24.3 Å². The van der Waals surface area contributed by atoms with Crippen LogP contribution in [0.1, 0.15) is 21.5 Å². The summed E-state index contributed by atoms with van der Waals surface area (Å²) in [6.45, 7) is 0.782. The second-order valence-corrected chi connectivity index (χ2v) is 10.2. The molecule has 0 aliphatic carbocycles. The van der Waals surface area contributed by atoms with Gasteiger partial charge in [0.1, 0.15) is 4.90 Å². The Hall–Kier alpha value is -3.16. The van der Waals surface area contributed by atoms with Gasteiger partial charge in [0.2, 0.25) is 0 Å². The molecule has 0 heterocycles. The van der Waals surface area contributed by atoms with E-state index < -0.39 is 15.9 Å². The van der Waals surface area contributed by atoms with Gasteiger partial charge in [-0.15, -0.1) is 0 Å². The molecule has 5 nitrogen and oxygen atoms in total. The Morgan fingerprint density at radius 2 is 1.20 bits per heavy atom. The number of hydrogen-bond acceptors (Lipinski definition) is 4. The molecule has 8 heteroatoms. The molecule has 0 fully saturated rings. The Morgan fingerprint density at radius 3 is 1.77 bits per heavy atom. The molecule has 4 aromatic carbocycles. The van der Waals surface area contributed by atoms with Gasteiger partial charge < -0.3 is 4.74 Å². The molecule has 0 radical (unpaired) electrons. The van der Waals surface area contributed by atoms with Crippen LogP contribution in [0.2, 0.25) is 10.0 Å². The molecule has 1 N–H and O–H groups in total. The minimum atomic E-state index is -4.23. The lowest BCUT2D eigenvalue weighted by Gasteiger charge is -2.10. The standard InChI is InChI=1S/C27H21Cl2NO4S/c28-24-7-4-8-25(29)26(24)35(32,33)30-27(31)23-15-11-20(12-16-23)18-34-17-19-9-13-22(14-10-19)21-5-2-1-3-6-21/h1-16H,17-18H2,(H,30,31). The number of amides is 1. The van der Waals surface area contributed by atoms with Crippen molar-refractivity contribution in [2.24, 2.45) is 0 Å². The Balaban J connectivity index is 1.32. The third kappa shape index (κ3) is 6.29. The summed E-state index contributed by atoms with van der Waals surface area (Å²) in [6, 6.07) is 29.1. The summed E-state index contributed by atoms with van der Waals surface area (Å²) in [5.41, 5.74) is 4.37. The molecule has 4 rings (SSSR count). The van der Waals surface area contributed by atoms with Crippen LogP contribution in [0.4, 0.5) is 0 Å². The van der Waals surface area contributed by atoms with Crippen molar-refractivity contribution in [3.05, 3.63) is 124 Å². The smallest absolute Gasteiger partial charge is 0.267 e. The fraction of sp³-hybridized carbons (Fsp3) is 0.0741. The van der Waals surface area contributed by atoms with Crippen LogP contribution in [0.5, 0.6) is 0 Å². The molecule has 0 bridgehead atoms. The number of nitrogens with one attached hydrogen (secondary N) is 1. The van der Waals surface area contributed by atoms with Gasteiger partial charge >= 0.3 is 0 Å². The number of carbonyl (C=O) groups excluding carboxylic acids is 1. The third-order valence-corrected chi connectivity index (χ3v) is 7.51. The Morgan fingerprint density at radius 1 is 0.686 bits per heavy atom. The number of ether oxygens (including phenoxy) is 1. The monoisotopic (exact) mass is 525 g/mol. The molecule has 0 saturated carbocycles. The average Bonchev–Trinajstić information content (AvgIpc) is 2.85. The number of benzene rings is 4. The van der Waals surface area contributed by atoms with Gasteiger partial charge in [0.05, 0.1) is 23.3 Å². The van der Waals surface area contributed by atoms with Gasteiger partial charge in [0.25, 0.3) is 15.9 Å². The maximum Gasteiger partial charge on any atom is 0.267 e. The molecule has 0 atom stereocenters. The first-order chi connectivity index (χ1) is 16.8. The van der Waals surface area contributed by atoms with Gasteiger partial charge in [-0.05, 0) is 46.5 Å². The summed E-state index contributed by atoms with van der Waals surface area (Å²) in [7, 11) is -4.23. The zero-order chi connectivity index (χ0) is 24.8. The van der Waals surface area contributed by atoms with Crippen molar-refractivity contribution in [3.63, 3.8) is 0 Å². The van der Waals surface area contributed by atoms with Gasteiger partial charge in [-0.25, -0.2) is 13.1 Å². The van der Waals surface area contributed by atoms with E-state index in [0.717, 1.165) is 22.3 Å². The molecular weight excluding hydrogens is 505 g/mol. The highest BCUT2D eigenvalue weighted by Gasteiger charge is 2.24. The molecule has 0 aromatic heterocycles. The second-order valence-electron chi connectivity index (χ2n) is 7.74. The topological polar surface area (TPSA) is 72.5 Å². The van der Waals surface area contributed by atoms with Crippen LogP contribution in [-0.4, -0.2) is 14.3 Å². The van der Waals surface area contributed by atoms with Gasteiger partial charge in [-0.2, -0.15) is 0 Å². The van der Waals surface area contributed by atoms with Crippen molar-refractivity contribution in [2.75, 3.05) is 0 Å². The number of hydrogen-bond donors (Lipinski definition) is 1. The molecule has 1 amide bonds. The highest BCUT2D eigenvalue weighted by molar-refractivity contribution is 7.90. The first-order valence-electron chi connectivity index (χ1n) is 10.7. The van der Waals surface area contributed by atoms with Crippen molar-refractivity contribution in [3.8, 4) is 11.1 Å². The fourth-order valence-corrected chi connectivity index (χ4v) is 5.55.